The fourth-order valence-corrected chi connectivity index (χ4v) is 2.65. The van der Waals surface area contributed by atoms with Crippen LogP contribution in [0.15, 0.2) is 18.2 Å². The Balaban J connectivity index is 0.00000200. The Bertz CT molecular complexity index is 470. The molecule has 0 aliphatic heterocycles. The molecule has 1 amide bonds. The topological polar surface area (TPSA) is 55.1 Å². The van der Waals surface area contributed by atoms with Crippen LogP contribution in [0, 0.1) is 11.7 Å². The zero-order valence-electron chi connectivity index (χ0n) is 11.1. The van der Waals surface area contributed by atoms with E-state index in [1.807, 2.05) is 0 Å². The molecule has 1 saturated carbocycles. The highest BCUT2D eigenvalue weighted by atomic mass is 35.5. The van der Waals surface area contributed by atoms with Crippen molar-refractivity contribution in [1.82, 2.24) is 5.32 Å². The van der Waals surface area contributed by atoms with Gasteiger partial charge < -0.3 is 11.1 Å². The Morgan fingerprint density at radius 1 is 1.45 bits per heavy atom. The molecule has 1 aliphatic carbocycles. The van der Waals surface area contributed by atoms with E-state index in [4.69, 9.17) is 17.3 Å². The van der Waals surface area contributed by atoms with E-state index >= 15 is 0 Å². The van der Waals surface area contributed by atoms with Crippen LogP contribution in [-0.2, 0) is 11.3 Å². The monoisotopic (exact) mass is 320 g/mol. The van der Waals surface area contributed by atoms with Gasteiger partial charge in [-0.3, -0.25) is 4.79 Å². The molecule has 112 valence electrons. The Hall–Kier alpha value is -0.840. The second-order valence-electron chi connectivity index (χ2n) is 5.09. The smallest absolute Gasteiger partial charge is 0.223 e. The summed E-state index contributed by atoms with van der Waals surface area (Å²) in [5.41, 5.74) is 6.66. The molecule has 0 saturated heterocycles. The highest BCUT2D eigenvalue weighted by molar-refractivity contribution is 6.30. The summed E-state index contributed by atoms with van der Waals surface area (Å²) in [6.45, 7) is 0.366. The highest BCUT2D eigenvalue weighted by Crippen LogP contribution is 2.23. The summed E-state index contributed by atoms with van der Waals surface area (Å²) in [6, 6.07) is 4.59. The van der Waals surface area contributed by atoms with E-state index < -0.39 is 5.82 Å². The SMILES string of the molecule is Cl.NC1CCCC(C(=O)NCc2ccc(F)c(Cl)c2)C1. The molecule has 3 N–H and O–H groups in total. The van der Waals surface area contributed by atoms with Crippen LogP contribution in [0.1, 0.15) is 31.2 Å². The zero-order valence-corrected chi connectivity index (χ0v) is 12.6. The van der Waals surface area contributed by atoms with Gasteiger partial charge in [0.1, 0.15) is 5.82 Å². The standard InChI is InChI=1S/C14H18ClFN2O.ClH/c15-12-6-9(4-5-13(12)16)8-18-14(19)10-2-1-3-11(17)7-10;/h4-6,10-11H,1-3,7-8,17H2,(H,18,19);1H. The van der Waals surface area contributed by atoms with Crippen molar-refractivity contribution in [3.8, 4) is 0 Å². The van der Waals surface area contributed by atoms with E-state index in [1.165, 1.54) is 12.1 Å². The minimum absolute atomic E-state index is 0. The molecule has 0 aromatic heterocycles. The predicted molar refractivity (Wildman–Crippen MR) is 80.4 cm³/mol. The normalized spacial score (nSPS) is 21.9. The van der Waals surface area contributed by atoms with Crippen LogP contribution in [0.4, 0.5) is 4.39 Å². The van der Waals surface area contributed by atoms with Crippen LogP contribution in [-0.4, -0.2) is 11.9 Å². The van der Waals surface area contributed by atoms with Gasteiger partial charge in [0.2, 0.25) is 5.91 Å². The van der Waals surface area contributed by atoms with Crippen molar-refractivity contribution in [1.29, 1.82) is 0 Å². The van der Waals surface area contributed by atoms with Crippen molar-refractivity contribution in [2.24, 2.45) is 11.7 Å². The molecule has 2 unspecified atom stereocenters. The van der Waals surface area contributed by atoms with E-state index in [9.17, 15) is 9.18 Å². The van der Waals surface area contributed by atoms with Gasteiger partial charge in [0, 0.05) is 18.5 Å². The molecule has 1 fully saturated rings. The third kappa shape index (κ3) is 4.62. The molecule has 1 aromatic carbocycles. The van der Waals surface area contributed by atoms with Gasteiger partial charge in [-0.05, 0) is 37.0 Å². The van der Waals surface area contributed by atoms with Crippen LogP contribution in [0.3, 0.4) is 0 Å². The number of hydrogen-bond acceptors (Lipinski definition) is 2. The van der Waals surface area contributed by atoms with Crippen molar-refractivity contribution in [3.63, 3.8) is 0 Å². The van der Waals surface area contributed by atoms with Crippen LogP contribution < -0.4 is 11.1 Å². The molecule has 0 heterocycles. The maximum Gasteiger partial charge on any atom is 0.223 e. The fourth-order valence-electron chi connectivity index (χ4n) is 2.45. The first-order valence-corrected chi connectivity index (χ1v) is 6.91. The van der Waals surface area contributed by atoms with Crippen LogP contribution >= 0.6 is 24.0 Å². The second kappa shape index (κ2) is 7.81. The summed E-state index contributed by atoms with van der Waals surface area (Å²) in [7, 11) is 0. The van der Waals surface area contributed by atoms with Crippen molar-refractivity contribution >= 4 is 29.9 Å². The van der Waals surface area contributed by atoms with E-state index in [0.29, 0.717) is 6.54 Å². The van der Waals surface area contributed by atoms with Crippen molar-refractivity contribution < 1.29 is 9.18 Å². The van der Waals surface area contributed by atoms with Gasteiger partial charge in [-0.2, -0.15) is 0 Å². The molecule has 6 heteroatoms. The molecular formula is C14H19Cl2FN2O. The van der Waals surface area contributed by atoms with Crippen LogP contribution in [0.2, 0.25) is 5.02 Å². The Morgan fingerprint density at radius 2 is 2.20 bits per heavy atom. The lowest BCUT2D eigenvalue weighted by molar-refractivity contribution is -0.126. The molecule has 2 atom stereocenters. The van der Waals surface area contributed by atoms with Crippen molar-refractivity contribution in [2.75, 3.05) is 0 Å². The summed E-state index contributed by atoms with van der Waals surface area (Å²) < 4.78 is 13.0. The number of amides is 1. The predicted octanol–water partition coefficient (Wildman–Crippen LogP) is 3.03. The molecule has 0 radical (unpaired) electrons. The first-order chi connectivity index (χ1) is 9.06. The average molecular weight is 321 g/mol. The number of rotatable bonds is 3. The zero-order chi connectivity index (χ0) is 13.8. The lowest BCUT2D eigenvalue weighted by Crippen LogP contribution is -2.37. The fraction of sp³-hybridized carbons (Fsp3) is 0.500. The second-order valence-corrected chi connectivity index (χ2v) is 5.50. The molecule has 2 rings (SSSR count). The van der Waals surface area contributed by atoms with E-state index in [-0.39, 0.29) is 35.3 Å². The van der Waals surface area contributed by atoms with Crippen LogP contribution in [0.5, 0.6) is 0 Å². The van der Waals surface area contributed by atoms with Crippen molar-refractivity contribution in [3.05, 3.63) is 34.6 Å². The minimum atomic E-state index is -0.449. The van der Waals surface area contributed by atoms with Gasteiger partial charge in [0.25, 0.3) is 0 Å². The molecule has 1 aromatic rings. The number of nitrogens with two attached hydrogens (primary N) is 1. The third-order valence-corrected chi connectivity index (χ3v) is 3.83. The lowest BCUT2D eigenvalue weighted by atomic mass is 9.85. The Kier molecular flexibility index (Phi) is 6.72. The van der Waals surface area contributed by atoms with E-state index in [0.717, 1.165) is 31.2 Å². The van der Waals surface area contributed by atoms with Gasteiger partial charge in [-0.25, -0.2) is 4.39 Å². The van der Waals surface area contributed by atoms with Gasteiger partial charge in [-0.15, -0.1) is 12.4 Å². The maximum atomic E-state index is 13.0. The number of halogens is 3. The van der Waals surface area contributed by atoms with E-state index in [1.54, 1.807) is 6.07 Å². The molecule has 1 aliphatic rings. The number of benzene rings is 1. The average Bonchev–Trinajstić information content (AvgIpc) is 2.40. The summed E-state index contributed by atoms with van der Waals surface area (Å²) in [5, 5.41) is 2.94. The van der Waals surface area contributed by atoms with Crippen LogP contribution in [0.25, 0.3) is 0 Å². The summed E-state index contributed by atoms with van der Waals surface area (Å²) in [4.78, 5) is 12.0. The minimum Gasteiger partial charge on any atom is -0.352 e. The lowest BCUT2D eigenvalue weighted by Gasteiger charge is -2.25. The summed E-state index contributed by atoms with van der Waals surface area (Å²) in [5.74, 6) is -0.426. The maximum absolute atomic E-state index is 13.0. The summed E-state index contributed by atoms with van der Waals surface area (Å²) in [6.07, 6.45) is 3.64. The number of carbonyl (C=O) groups is 1. The highest BCUT2D eigenvalue weighted by Gasteiger charge is 2.24. The largest absolute Gasteiger partial charge is 0.352 e. The van der Waals surface area contributed by atoms with Gasteiger partial charge in [0.15, 0.2) is 0 Å². The third-order valence-electron chi connectivity index (χ3n) is 3.54. The van der Waals surface area contributed by atoms with E-state index in [2.05, 4.69) is 5.32 Å². The summed E-state index contributed by atoms with van der Waals surface area (Å²) >= 11 is 5.69. The molecular weight excluding hydrogens is 302 g/mol. The molecule has 3 nitrogen and oxygen atoms in total. The Labute approximate surface area is 129 Å². The molecule has 20 heavy (non-hydrogen) atoms. The van der Waals surface area contributed by atoms with Gasteiger partial charge in [-0.1, -0.05) is 24.1 Å². The number of nitrogens with one attached hydrogen (secondary N) is 1. The Morgan fingerprint density at radius 3 is 2.85 bits per heavy atom. The number of hydrogen-bond donors (Lipinski definition) is 2. The first kappa shape index (κ1) is 17.2. The number of carbonyl (C=O) groups excluding carboxylic acids is 1. The van der Waals surface area contributed by atoms with Crippen molar-refractivity contribution in [2.45, 2.75) is 38.3 Å². The molecule has 0 bridgehead atoms. The first-order valence-electron chi connectivity index (χ1n) is 6.53. The quantitative estimate of drug-likeness (QED) is 0.899. The molecule has 0 spiro atoms. The van der Waals surface area contributed by atoms with Gasteiger partial charge >= 0.3 is 0 Å². The van der Waals surface area contributed by atoms with Gasteiger partial charge in [0.05, 0.1) is 5.02 Å².